The van der Waals surface area contributed by atoms with Gasteiger partial charge < -0.3 is 15.0 Å². The first-order valence-electron chi connectivity index (χ1n) is 7.75. The lowest BCUT2D eigenvalue weighted by Gasteiger charge is -2.24. The summed E-state index contributed by atoms with van der Waals surface area (Å²) in [5, 5.41) is 7.64. The van der Waals surface area contributed by atoms with Crippen molar-refractivity contribution in [3.63, 3.8) is 0 Å². The Balaban J connectivity index is 0.00000242. The van der Waals surface area contributed by atoms with Crippen molar-refractivity contribution in [3.8, 4) is 0 Å². The first kappa shape index (κ1) is 19.2. The standard InChI is InChI=1S/C15H27N5O.HI/c1-4-16-15(19(3)11-14-5-8-21-12-14)17-6-7-20-10-13(2)9-18-20;/h9-10,14H,4-8,11-12H2,1-3H3,(H,16,17);1H. The van der Waals surface area contributed by atoms with Gasteiger partial charge in [-0.2, -0.15) is 5.10 Å². The van der Waals surface area contributed by atoms with Crippen LogP contribution in [-0.2, 0) is 11.3 Å². The van der Waals surface area contributed by atoms with Crippen LogP contribution < -0.4 is 5.32 Å². The minimum atomic E-state index is 0. The Morgan fingerprint density at radius 2 is 2.41 bits per heavy atom. The normalized spacial score (nSPS) is 18.1. The third kappa shape index (κ3) is 6.12. The van der Waals surface area contributed by atoms with Crippen molar-refractivity contribution in [2.75, 3.05) is 39.9 Å². The summed E-state index contributed by atoms with van der Waals surface area (Å²) in [6, 6.07) is 0. The summed E-state index contributed by atoms with van der Waals surface area (Å²) in [7, 11) is 2.10. The van der Waals surface area contributed by atoms with Gasteiger partial charge in [-0.05, 0) is 25.8 Å². The molecule has 1 saturated heterocycles. The SMILES string of the molecule is CCNC(=NCCn1cc(C)cn1)N(C)CC1CCOC1.I. The Bertz CT molecular complexity index is 457. The molecule has 0 spiro atoms. The van der Waals surface area contributed by atoms with Gasteiger partial charge in [-0.25, -0.2) is 0 Å². The van der Waals surface area contributed by atoms with E-state index in [4.69, 9.17) is 4.74 Å². The molecule has 0 bridgehead atoms. The highest BCUT2D eigenvalue weighted by Gasteiger charge is 2.18. The molecule has 1 unspecified atom stereocenters. The van der Waals surface area contributed by atoms with Gasteiger partial charge in [0.2, 0.25) is 0 Å². The van der Waals surface area contributed by atoms with E-state index in [-0.39, 0.29) is 24.0 Å². The number of aliphatic imine (C=N–C) groups is 1. The molecule has 1 aromatic rings. The number of ether oxygens (including phenoxy) is 1. The first-order chi connectivity index (χ1) is 10.2. The second-order valence-electron chi connectivity index (χ2n) is 5.63. The van der Waals surface area contributed by atoms with Crippen LogP contribution in [0.4, 0.5) is 0 Å². The molecule has 0 amide bonds. The molecule has 1 atom stereocenters. The molecule has 0 aliphatic carbocycles. The van der Waals surface area contributed by atoms with Gasteiger partial charge in [0.1, 0.15) is 0 Å². The van der Waals surface area contributed by atoms with Crippen LogP contribution in [0.1, 0.15) is 18.9 Å². The van der Waals surface area contributed by atoms with Crippen molar-refractivity contribution in [2.45, 2.75) is 26.8 Å². The van der Waals surface area contributed by atoms with Crippen molar-refractivity contribution >= 4 is 29.9 Å². The molecule has 1 N–H and O–H groups in total. The molecule has 1 aliphatic rings. The molecule has 1 aromatic heterocycles. The topological polar surface area (TPSA) is 54.7 Å². The largest absolute Gasteiger partial charge is 0.381 e. The lowest BCUT2D eigenvalue weighted by molar-refractivity contribution is 0.181. The molecule has 0 radical (unpaired) electrons. The van der Waals surface area contributed by atoms with E-state index in [9.17, 15) is 0 Å². The lowest BCUT2D eigenvalue weighted by atomic mass is 10.1. The number of aryl methyl sites for hydroxylation is 1. The Morgan fingerprint density at radius 1 is 1.59 bits per heavy atom. The quantitative estimate of drug-likeness (QED) is 0.432. The number of rotatable bonds is 6. The number of aromatic nitrogens is 2. The summed E-state index contributed by atoms with van der Waals surface area (Å²) < 4.78 is 7.38. The molecule has 2 heterocycles. The number of hydrogen-bond donors (Lipinski definition) is 1. The van der Waals surface area contributed by atoms with E-state index < -0.39 is 0 Å². The van der Waals surface area contributed by atoms with E-state index in [1.165, 1.54) is 5.56 Å². The number of guanidine groups is 1. The summed E-state index contributed by atoms with van der Waals surface area (Å²) in [6.45, 7) is 9.32. The summed E-state index contributed by atoms with van der Waals surface area (Å²) in [5.41, 5.74) is 1.18. The maximum Gasteiger partial charge on any atom is 0.193 e. The maximum absolute atomic E-state index is 5.44. The summed E-state index contributed by atoms with van der Waals surface area (Å²) in [4.78, 5) is 6.90. The van der Waals surface area contributed by atoms with Crippen LogP contribution in [0, 0.1) is 12.8 Å². The van der Waals surface area contributed by atoms with Gasteiger partial charge in [0.05, 0.1) is 25.9 Å². The van der Waals surface area contributed by atoms with Crippen LogP contribution in [0.3, 0.4) is 0 Å². The smallest absolute Gasteiger partial charge is 0.193 e. The highest BCUT2D eigenvalue weighted by atomic mass is 127. The van der Waals surface area contributed by atoms with Crippen LogP contribution in [0.25, 0.3) is 0 Å². The number of nitrogens with one attached hydrogen (secondary N) is 1. The zero-order valence-corrected chi connectivity index (χ0v) is 16.1. The maximum atomic E-state index is 5.44. The predicted octanol–water partition coefficient (Wildman–Crippen LogP) is 1.74. The van der Waals surface area contributed by atoms with Gasteiger partial charge in [0.15, 0.2) is 5.96 Å². The minimum Gasteiger partial charge on any atom is -0.381 e. The van der Waals surface area contributed by atoms with Crippen LogP contribution in [0.15, 0.2) is 17.4 Å². The third-order valence-corrected chi connectivity index (χ3v) is 3.61. The molecule has 7 heteroatoms. The Labute approximate surface area is 150 Å². The highest BCUT2D eigenvalue weighted by molar-refractivity contribution is 14.0. The minimum absolute atomic E-state index is 0. The molecule has 6 nitrogen and oxygen atoms in total. The summed E-state index contributed by atoms with van der Waals surface area (Å²) in [5.74, 6) is 1.58. The Hall–Kier alpha value is -0.830. The predicted molar refractivity (Wildman–Crippen MR) is 99.9 cm³/mol. The molecule has 126 valence electrons. The van der Waals surface area contributed by atoms with Crippen LogP contribution in [0.2, 0.25) is 0 Å². The van der Waals surface area contributed by atoms with Gasteiger partial charge in [-0.15, -0.1) is 24.0 Å². The third-order valence-electron chi connectivity index (χ3n) is 3.61. The van der Waals surface area contributed by atoms with E-state index >= 15 is 0 Å². The molecular weight excluding hydrogens is 393 g/mol. The van der Waals surface area contributed by atoms with E-state index in [2.05, 4.69) is 34.3 Å². The molecule has 22 heavy (non-hydrogen) atoms. The fraction of sp³-hybridized carbons (Fsp3) is 0.733. The molecule has 0 saturated carbocycles. The van der Waals surface area contributed by atoms with Crippen molar-refractivity contribution in [1.29, 1.82) is 0 Å². The zero-order valence-electron chi connectivity index (χ0n) is 13.8. The fourth-order valence-electron chi connectivity index (χ4n) is 2.52. The molecule has 2 rings (SSSR count). The van der Waals surface area contributed by atoms with Gasteiger partial charge in [-0.3, -0.25) is 9.67 Å². The van der Waals surface area contributed by atoms with Crippen molar-refractivity contribution in [2.24, 2.45) is 10.9 Å². The van der Waals surface area contributed by atoms with E-state index in [1.807, 2.05) is 24.0 Å². The number of hydrogen-bond acceptors (Lipinski definition) is 3. The lowest BCUT2D eigenvalue weighted by Crippen LogP contribution is -2.41. The second-order valence-corrected chi connectivity index (χ2v) is 5.63. The molecular formula is C15H28IN5O. The Morgan fingerprint density at radius 3 is 3.00 bits per heavy atom. The van der Waals surface area contributed by atoms with Crippen LogP contribution in [0.5, 0.6) is 0 Å². The average Bonchev–Trinajstić information content (AvgIpc) is 3.09. The van der Waals surface area contributed by atoms with Crippen molar-refractivity contribution in [3.05, 3.63) is 18.0 Å². The van der Waals surface area contributed by atoms with Gasteiger partial charge >= 0.3 is 0 Å². The summed E-state index contributed by atoms with van der Waals surface area (Å²) >= 11 is 0. The van der Waals surface area contributed by atoms with Gasteiger partial charge in [0, 0.05) is 38.9 Å². The molecule has 1 aliphatic heterocycles. The summed E-state index contributed by atoms with van der Waals surface area (Å²) in [6.07, 6.45) is 5.07. The highest BCUT2D eigenvalue weighted by Crippen LogP contribution is 2.13. The second kappa shape index (κ2) is 10.0. The zero-order chi connectivity index (χ0) is 15.1. The van der Waals surface area contributed by atoms with Crippen LogP contribution >= 0.6 is 24.0 Å². The molecule has 1 fully saturated rings. The van der Waals surface area contributed by atoms with Gasteiger partial charge in [0.25, 0.3) is 0 Å². The Kier molecular flexibility index (Phi) is 8.77. The molecule has 0 aromatic carbocycles. The monoisotopic (exact) mass is 421 g/mol. The van der Waals surface area contributed by atoms with Crippen LogP contribution in [-0.4, -0.2) is 60.5 Å². The van der Waals surface area contributed by atoms with E-state index in [1.54, 1.807) is 0 Å². The fourth-order valence-corrected chi connectivity index (χ4v) is 2.52. The van der Waals surface area contributed by atoms with Crippen molar-refractivity contribution < 1.29 is 4.74 Å². The van der Waals surface area contributed by atoms with Crippen molar-refractivity contribution in [1.82, 2.24) is 20.0 Å². The van der Waals surface area contributed by atoms with E-state index in [0.717, 1.165) is 51.8 Å². The first-order valence-corrected chi connectivity index (χ1v) is 7.75. The number of halogens is 1. The van der Waals surface area contributed by atoms with E-state index in [0.29, 0.717) is 5.92 Å². The van der Waals surface area contributed by atoms with Gasteiger partial charge in [-0.1, -0.05) is 0 Å². The number of nitrogens with zero attached hydrogens (tertiary/aromatic N) is 4. The average molecular weight is 421 g/mol.